The van der Waals surface area contributed by atoms with Gasteiger partial charge in [0.1, 0.15) is 0 Å². The Hall–Kier alpha value is 0.519. The van der Waals surface area contributed by atoms with Crippen LogP contribution in [0.5, 0.6) is 0 Å². The Kier molecular flexibility index (Phi) is 9.77. The van der Waals surface area contributed by atoms with E-state index in [1.54, 1.807) is 0 Å². The molecule has 0 saturated carbocycles. The zero-order valence-electron chi connectivity index (χ0n) is 3.77. The molecule has 7 heavy (non-hydrogen) atoms. The topological polar surface area (TPSA) is 0 Å². The Morgan fingerprint density at radius 2 is 1.29 bits per heavy atom. The first-order chi connectivity index (χ1) is 2.50. The van der Waals surface area contributed by atoms with E-state index in [1.165, 1.54) is 0 Å². The zero-order chi connectivity index (χ0) is 3.54. The molecule has 0 heterocycles. The summed E-state index contributed by atoms with van der Waals surface area (Å²) in [5.74, 6) is 0. The molecule has 0 aromatic carbocycles. The standard InChI is InChI=1S/C5H6.2Mn/c1-2-4-5-3-1;;/h1-4H,5H2;;. The molecule has 40 valence electrons. The van der Waals surface area contributed by atoms with Crippen LogP contribution >= 0.6 is 0 Å². The third-order valence-electron chi connectivity index (χ3n) is 0.655. The fourth-order valence-electron chi connectivity index (χ4n) is 0.393. The summed E-state index contributed by atoms with van der Waals surface area (Å²) in [6, 6.07) is 0. The maximum absolute atomic E-state index is 2.12. The van der Waals surface area contributed by atoms with Gasteiger partial charge in [-0.3, -0.25) is 0 Å². The largest absolute Gasteiger partial charge is 0.0808 e. The first kappa shape index (κ1) is 10.5. The van der Waals surface area contributed by atoms with E-state index in [2.05, 4.69) is 24.3 Å². The van der Waals surface area contributed by atoms with Gasteiger partial charge in [-0.2, -0.15) is 0 Å². The molecule has 0 unspecified atom stereocenters. The van der Waals surface area contributed by atoms with Crippen LogP contribution in [0.2, 0.25) is 0 Å². The molecule has 0 aromatic heterocycles. The summed E-state index contributed by atoms with van der Waals surface area (Å²) in [4.78, 5) is 0. The first-order valence-corrected chi connectivity index (χ1v) is 1.82. The van der Waals surface area contributed by atoms with Crippen LogP contribution in [0.3, 0.4) is 0 Å². The quantitative estimate of drug-likeness (QED) is 0.490. The van der Waals surface area contributed by atoms with Gasteiger partial charge in [0.25, 0.3) is 0 Å². The molecular formula is C5H6Mn2. The minimum Gasteiger partial charge on any atom is -0.0808 e. The van der Waals surface area contributed by atoms with E-state index >= 15 is 0 Å². The predicted molar refractivity (Wildman–Crippen MR) is 22.9 cm³/mol. The van der Waals surface area contributed by atoms with Crippen LogP contribution in [0.1, 0.15) is 6.42 Å². The van der Waals surface area contributed by atoms with Crippen molar-refractivity contribution in [3.8, 4) is 0 Å². The number of allylic oxidation sites excluding steroid dienone is 4. The minimum atomic E-state index is 0. The van der Waals surface area contributed by atoms with Gasteiger partial charge in [0, 0.05) is 34.1 Å². The predicted octanol–water partition coefficient (Wildman–Crippen LogP) is 1.50. The van der Waals surface area contributed by atoms with Crippen molar-refractivity contribution in [3.63, 3.8) is 0 Å². The van der Waals surface area contributed by atoms with Gasteiger partial charge >= 0.3 is 0 Å². The SMILES string of the molecule is C1=CCC=C1.[Mn].[Mn]. The van der Waals surface area contributed by atoms with Crippen molar-refractivity contribution in [2.45, 2.75) is 6.42 Å². The van der Waals surface area contributed by atoms with Crippen molar-refractivity contribution in [2.75, 3.05) is 0 Å². The van der Waals surface area contributed by atoms with Crippen LogP contribution in [0, 0.1) is 0 Å². The Bertz CT molecular complexity index is 64.1. The Morgan fingerprint density at radius 3 is 1.43 bits per heavy atom. The van der Waals surface area contributed by atoms with Gasteiger partial charge in [0.15, 0.2) is 0 Å². The van der Waals surface area contributed by atoms with E-state index in [-0.39, 0.29) is 34.1 Å². The van der Waals surface area contributed by atoms with Crippen LogP contribution in [-0.4, -0.2) is 0 Å². The van der Waals surface area contributed by atoms with Gasteiger partial charge < -0.3 is 0 Å². The average Bonchev–Trinajstić information content (AvgIpc) is 1.76. The Morgan fingerprint density at radius 1 is 0.857 bits per heavy atom. The molecule has 0 spiro atoms. The van der Waals surface area contributed by atoms with Crippen LogP contribution in [0.15, 0.2) is 24.3 Å². The molecule has 0 bridgehead atoms. The zero-order valence-corrected chi connectivity index (χ0v) is 6.13. The number of hydrogen-bond donors (Lipinski definition) is 0. The van der Waals surface area contributed by atoms with E-state index < -0.39 is 0 Å². The molecule has 0 nitrogen and oxygen atoms in total. The average molecular weight is 176 g/mol. The smallest absolute Gasteiger partial charge is 0 e. The molecule has 1 rings (SSSR count). The van der Waals surface area contributed by atoms with Crippen molar-refractivity contribution >= 4 is 0 Å². The van der Waals surface area contributed by atoms with Gasteiger partial charge in [-0.1, -0.05) is 24.3 Å². The Balaban J connectivity index is 0. The molecule has 0 amide bonds. The van der Waals surface area contributed by atoms with Crippen molar-refractivity contribution < 1.29 is 34.1 Å². The van der Waals surface area contributed by atoms with Crippen LogP contribution in [-0.2, 0) is 34.1 Å². The van der Waals surface area contributed by atoms with E-state index in [9.17, 15) is 0 Å². The third-order valence-corrected chi connectivity index (χ3v) is 0.655. The maximum atomic E-state index is 2.12. The van der Waals surface area contributed by atoms with Crippen LogP contribution in [0.25, 0.3) is 0 Å². The molecule has 1 aliphatic rings. The summed E-state index contributed by atoms with van der Waals surface area (Å²) >= 11 is 0. The molecule has 0 aliphatic heterocycles. The summed E-state index contributed by atoms with van der Waals surface area (Å²) in [6.45, 7) is 0. The second-order valence-electron chi connectivity index (χ2n) is 1.09. The Labute approximate surface area is 65.0 Å². The first-order valence-electron chi connectivity index (χ1n) is 1.82. The van der Waals surface area contributed by atoms with E-state index in [0.717, 1.165) is 6.42 Å². The molecule has 0 atom stereocenters. The molecule has 2 heteroatoms. The van der Waals surface area contributed by atoms with Crippen molar-refractivity contribution in [1.29, 1.82) is 0 Å². The van der Waals surface area contributed by atoms with Gasteiger partial charge in [0.2, 0.25) is 0 Å². The van der Waals surface area contributed by atoms with Gasteiger partial charge in [-0.05, 0) is 6.42 Å². The van der Waals surface area contributed by atoms with Crippen LogP contribution in [0.4, 0.5) is 0 Å². The fraction of sp³-hybridized carbons (Fsp3) is 0.200. The van der Waals surface area contributed by atoms with Crippen molar-refractivity contribution in [1.82, 2.24) is 0 Å². The summed E-state index contributed by atoms with van der Waals surface area (Å²) in [7, 11) is 0. The summed E-state index contributed by atoms with van der Waals surface area (Å²) in [6.07, 6.45) is 9.50. The van der Waals surface area contributed by atoms with Crippen molar-refractivity contribution in [3.05, 3.63) is 24.3 Å². The van der Waals surface area contributed by atoms with Crippen molar-refractivity contribution in [2.24, 2.45) is 0 Å². The maximum Gasteiger partial charge on any atom is 0 e. The van der Waals surface area contributed by atoms with Crippen LogP contribution < -0.4 is 0 Å². The van der Waals surface area contributed by atoms with E-state index in [1.807, 2.05) is 0 Å². The summed E-state index contributed by atoms with van der Waals surface area (Å²) in [5, 5.41) is 0. The van der Waals surface area contributed by atoms with E-state index in [4.69, 9.17) is 0 Å². The molecule has 2 radical (unpaired) electrons. The van der Waals surface area contributed by atoms with Gasteiger partial charge in [-0.25, -0.2) is 0 Å². The molecule has 0 saturated heterocycles. The third kappa shape index (κ3) is 4.37. The number of rotatable bonds is 0. The fourth-order valence-corrected chi connectivity index (χ4v) is 0.393. The second-order valence-corrected chi connectivity index (χ2v) is 1.09. The molecule has 0 aromatic rings. The molecule has 0 fully saturated rings. The van der Waals surface area contributed by atoms with E-state index in [0.29, 0.717) is 0 Å². The summed E-state index contributed by atoms with van der Waals surface area (Å²) < 4.78 is 0. The monoisotopic (exact) mass is 176 g/mol. The molecular weight excluding hydrogens is 170 g/mol. The molecule has 1 aliphatic carbocycles. The summed E-state index contributed by atoms with van der Waals surface area (Å²) in [5.41, 5.74) is 0. The number of hydrogen-bond acceptors (Lipinski definition) is 0. The second kappa shape index (κ2) is 6.52. The minimum absolute atomic E-state index is 0. The molecule has 0 N–H and O–H groups in total. The van der Waals surface area contributed by atoms with Gasteiger partial charge in [-0.15, -0.1) is 0 Å². The van der Waals surface area contributed by atoms with Gasteiger partial charge in [0.05, 0.1) is 0 Å². The normalized spacial score (nSPS) is 12.6.